The molecular weight excluding hydrogens is 370 g/mol. The number of quaternary nitrogens is 1. The van der Waals surface area contributed by atoms with E-state index in [0.29, 0.717) is 18.0 Å². The van der Waals surface area contributed by atoms with Crippen molar-refractivity contribution in [3.8, 4) is 5.75 Å². The van der Waals surface area contributed by atoms with Crippen LogP contribution in [0, 0.1) is 0 Å². The Kier molecular flexibility index (Phi) is 5.26. The van der Waals surface area contributed by atoms with Crippen LogP contribution >= 0.6 is 0 Å². The quantitative estimate of drug-likeness (QED) is 0.658. The fourth-order valence-electron chi connectivity index (χ4n) is 2.95. The van der Waals surface area contributed by atoms with E-state index in [1.54, 1.807) is 41.7 Å². The third-order valence-corrected chi connectivity index (χ3v) is 5.31. The molecule has 3 rings (SSSR count). The number of carbonyl (C=O) groups is 2. The standard InChI is InChI=1S/C18H19N3O5S/c1-26-14-4-2-3-13(9-14)21-17(22)10-16(18(21)23)20-11-12-5-7-15(8-6-12)27(19,24)25/h2-9,16,20H,10-11H2,1H3,(H2,19,24,25)/p+1/t16-/m1/s1. The predicted molar refractivity (Wildman–Crippen MR) is 97.3 cm³/mol. The molecule has 1 saturated heterocycles. The Balaban J connectivity index is 1.68. The molecule has 0 bridgehead atoms. The van der Waals surface area contributed by atoms with Crippen molar-refractivity contribution in [2.24, 2.45) is 5.14 Å². The number of imide groups is 1. The lowest BCUT2D eigenvalue weighted by molar-refractivity contribution is -0.690. The Morgan fingerprint density at radius 2 is 1.89 bits per heavy atom. The highest BCUT2D eigenvalue weighted by atomic mass is 32.2. The monoisotopic (exact) mass is 390 g/mol. The van der Waals surface area contributed by atoms with E-state index in [9.17, 15) is 18.0 Å². The zero-order valence-electron chi connectivity index (χ0n) is 14.7. The normalized spacial score (nSPS) is 17.4. The molecular formula is C18H20N3O5S+. The highest BCUT2D eigenvalue weighted by molar-refractivity contribution is 7.89. The Hall–Kier alpha value is -2.75. The highest BCUT2D eigenvalue weighted by Gasteiger charge is 2.42. The molecule has 0 aliphatic carbocycles. The molecule has 1 atom stereocenters. The van der Waals surface area contributed by atoms with Gasteiger partial charge in [-0.3, -0.25) is 9.59 Å². The molecule has 27 heavy (non-hydrogen) atoms. The van der Waals surface area contributed by atoms with Crippen LogP contribution < -0.4 is 20.1 Å². The van der Waals surface area contributed by atoms with Gasteiger partial charge in [0.15, 0.2) is 6.04 Å². The van der Waals surface area contributed by atoms with Gasteiger partial charge in [0.25, 0.3) is 5.91 Å². The van der Waals surface area contributed by atoms with E-state index in [1.807, 2.05) is 0 Å². The zero-order valence-corrected chi connectivity index (χ0v) is 15.5. The van der Waals surface area contributed by atoms with Gasteiger partial charge in [0.1, 0.15) is 12.3 Å². The van der Waals surface area contributed by atoms with E-state index in [0.717, 1.165) is 5.56 Å². The van der Waals surface area contributed by atoms with Gasteiger partial charge in [-0.15, -0.1) is 0 Å². The number of hydrogen-bond donors (Lipinski definition) is 2. The van der Waals surface area contributed by atoms with Gasteiger partial charge in [-0.1, -0.05) is 18.2 Å². The van der Waals surface area contributed by atoms with Gasteiger partial charge < -0.3 is 10.1 Å². The largest absolute Gasteiger partial charge is 0.497 e. The number of hydrogen-bond acceptors (Lipinski definition) is 5. The van der Waals surface area contributed by atoms with Crippen molar-refractivity contribution in [2.75, 3.05) is 12.0 Å². The van der Waals surface area contributed by atoms with E-state index < -0.39 is 16.1 Å². The van der Waals surface area contributed by atoms with Crippen LogP contribution in [0.2, 0.25) is 0 Å². The number of rotatable bonds is 6. The topological polar surface area (TPSA) is 123 Å². The van der Waals surface area contributed by atoms with Crippen molar-refractivity contribution >= 4 is 27.5 Å². The fraction of sp³-hybridized carbons (Fsp3) is 0.222. The van der Waals surface area contributed by atoms with E-state index in [-0.39, 0.29) is 23.1 Å². The molecule has 8 nitrogen and oxygen atoms in total. The molecule has 0 unspecified atom stereocenters. The van der Waals surface area contributed by atoms with E-state index in [1.165, 1.54) is 24.1 Å². The summed E-state index contributed by atoms with van der Waals surface area (Å²) in [5.41, 5.74) is 1.31. The summed E-state index contributed by atoms with van der Waals surface area (Å²) in [4.78, 5) is 26.2. The Labute approximate surface area is 157 Å². The summed E-state index contributed by atoms with van der Waals surface area (Å²) in [5, 5.41) is 6.84. The second-order valence-corrected chi connectivity index (χ2v) is 7.77. The molecule has 0 saturated carbocycles. The number of primary sulfonamides is 1. The maximum absolute atomic E-state index is 12.7. The van der Waals surface area contributed by atoms with Crippen LogP contribution in [-0.4, -0.2) is 33.4 Å². The molecule has 0 radical (unpaired) electrons. The average molecular weight is 390 g/mol. The first-order valence-corrected chi connectivity index (χ1v) is 9.80. The van der Waals surface area contributed by atoms with Gasteiger partial charge in [0.2, 0.25) is 15.9 Å². The first kappa shape index (κ1) is 19.0. The van der Waals surface area contributed by atoms with Gasteiger partial charge in [-0.2, -0.15) is 0 Å². The summed E-state index contributed by atoms with van der Waals surface area (Å²) in [6, 6.07) is 12.4. The first-order valence-electron chi connectivity index (χ1n) is 8.25. The summed E-state index contributed by atoms with van der Waals surface area (Å²) in [6.45, 7) is 0.431. The molecule has 4 N–H and O–H groups in total. The van der Waals surface area contributed by atoms with Gasteiger partial charge in [0, 0.05) is 11.6 Å². The summed E-state index contributed by atoms with van der Waals surface area (Å²) in [6.07, 6.45) is 0.102. The van der Waals surface area contributed by atoms with E-state index >= 15 is 0 Å². The molecule has 1 fully saturated rings. The minimum Gasteiger partial charge on any atom is -0.497 e. The van der Waals surface area contributed by atoms with E-state index in [2.05, 4.69) is 0 Å². The van der Waals surface area contributed by atoms with Crippen LogP contribution in [0.15, 0.2) is 53.4 Å². The number of carbonyl (C=O) groups excluding carboxylic acids is 2. The number of nitrogens with two attached hydrogens (primary N) is 2. The number of ether oxygens (including phenoxy) is 1. The lowest BCUT2D eigenvalue weighted by Crippen LogP contribution is -2.90. The number of benzene rings is 2. The lowest BCUT2D eigenvalue weighted by Gasteiger charge is -2.15. The minimum absolute atomic E-state index is 0.0302. The molecule has 1 aliphatic heterocycles. The average Bonchev–Trinajstić information content (AvgIpc) is 2.93. The predicted octanol–water partition coefficient (Wildman–Crippen LogP) is -0.262. The summed E-state index contributed by atoms with van der Waals surface area (Å²) in [7, 11) is -2.22. The third-order valence-electron chi connectivity index (χ3n) is 4.38. The van der Waals surface area contributed by atoms with Gasteiger partial charge in [-0.05, 0) is 24.3 Å². The number of amides is 2. The van der Waals surface area contributed by atoms with Crippen LogP contribution in [0.25, 0.3) is 0 Å². The van der Waals surface area contributed by atoms with Crippen molar-refractivity contribution in [1.82, 2.24) is 0 Å². The summed E-state index contributed by atoms with van der Waals surface area (Å²) >= 11 is 0. The molecule has 0 spiro atoms. The van der Waals surface area contributed by atoms with Crippen molar-refractivity contribution in [1.29, 1.82) is 0 Å². The Morgan fingerprint density at radius 3 is 2.52 bits per heavy atom. The van der Waals surface area contributed by atoms with Crippen LogP contribution in [0.1, 0.15) is 12.0 Å². The maximum Gasteiger partial charge on any atom is 0.292 e. The third kappa shape index (κ3) is 4.16. The summed E-state index contributed by atoms with van der Waals surface area (Å²) in [5.74, 6) is 0.0176. The highest BCUT2D eigenvalue weighted by Crippen LogP contribution is 2.25. The minimum atomic E-state index is -3.74. The molecule has 1 aliphatic rings. The number of anilines is 1. The molecule has 9 heteroatoms. The van der Waals surface area contributed by atoms with Crippen LogP contribution in [0.4, 0.5) is 5.69 Å². The zero-order chi connectivity index (χ0) is 19.6. The van der Waals surface area contributed by atoms with Crippen LogP contribution in [0.3, 0.4) is 0 Å². The molecule has 1 heterocycles. The second kappa shape index (κ2) is 7.47. The molecule has 0 aromatic heterocycles. The molecule has 142 valence electrons. The van der Waals surface area contributed by atoms with Gasteiger partial charge in [-0.25, -0.2) is 18.5 Å². The second-order valence-electron chi connectivity index (χ2n) is 6.21. The van der Waals surface area contributed by atoms with Crippen LogP contribution in [-0.2, 0) is 26.2 Å². The van der Waals surface area contributed by atoms with Crippen molar-refractivity contribution in [2.45, 2.75) is 23.9 Å². The maximum atomic E-state index is 12.7. The number of methoxy groups -OCH3 is 1. The van der Waals surface area contributed by atoms with E-state index in [4.69, 9.17) is 9.88 Å². The van der Waals surface area contributed by atoms with Crippen LogP contribution in [0.5, 0.6) is 5.75 Å². The Bertz CT molecular complexity index is 973. The number of nitrogens with zero attached hydrogens (tertiary/aromatic N) is 1. The SMILES string of the molecule is COc1cccc(N2C(=O)C[C@@H]([NH2+]Cc3ccc(S(N)(=O)=O)cc3)C2=O)c1. The van der Waals surface area contributed by atoms with Gasteiger partial charge >= 0.3 is 0 Å². The smallest absolute Gasteiger partial charge is 0.292 e. The first-order chi connectivity index (χ1) is 12.8. The molecule has 2 aromatic rings. The van der Waals surface area contributed by atoms with Crippen molar-refractivity contribution in [3.05, 3.63) is 54.1 Å². The number of sulfonamides is 1. The molecule has 2 amide bonds. The lowest BCUT2D eigenvalue weighted by atomic mass is 10.2. The van der Waals surface area contributed by atoms with Gasteiger partial charge in [0.05, 0.1) is 24.1 Å². The fourth-order valence-corrected chi connectivity index (χ4v) is 3.47. The summed E-state index contributed by atoms with van der Waals surface area (Å²) < 4.78 is 27.7. The van der Waals surface area contributed by atoms with Crippen molar-refractivity contribution in [3.63, 3.8) is 0 Å². The van der Waals surface area contributed by atoms with Crippen molar-refractivity contribution < 1.29 is 28.1 Å². The molecule has 2 aromatic carbocycles. The Morgan fingerprint density at radius 1 is 1.19 bits per heavy atom.